The summed E-state index contributed by atoms with van der Waals surface area (Å²) in [5.41, 5.74) is 23.5. The van der Waals surface area contributed by atoms with Crippen molar-refractivity contribution >= 4 is 75.7 Å². The highest BCUT2D eigenvalue weighted by molar-refractivity contribution is 6.52. The summed E-state index contributed by atoms with van der Waals surface area (Å²) < 4.78 is 0. The van der Waals surface area contributed by atoms with Crippen LogP contribution in [0.25, 0.3) is 0 Å². The molecule has 2 saturated heterocycles. The number of ketones is 3. The van der Waals surface area contributed by atoms with Crippen LogP contribution in [0.1, 0.15) is 51.4 Å². The minimum Gasteiger partial charge on any atom is -0.370 e. The first-order chi connectivity index (χ1) is 25.9. The maximum Gasteiger partial charge on any atom is 0.243 e. The molecule has 0 spiro atoms. The van der Waals surface area contributed by atoms with Gasteiger partial charge in [0.15, 0.2) is 40.0 Å². The summed E-state index contributed by atoms with van der Waals surface area (Å²) in [5, 5.41) is 1.81. The topological polar surface area (TPSA) is 245 Å². The standard InChI is InChI=1S/C37H50Cl2N10O5/c38-29(31(50)25(15-7-19-44-36(40)41)46-34(53)27-17-9-21-48(27)23-11-3-1-4-12-23)33(52)30(39)32(51)26(16-8-20-45-37(42)43)47-35(54)28-18-10-22-49(28)24-13-5-2-6-14-24/h1-6,11-14,25-30H,7-10,15-22H2,(H,46,53)(H,47,54)(H4,40,41,44)(H4,42,43,45)/t25-,26-,27-,28-,29?,30?/m0/s1. The lowest BCUT2D eigenvalue weighted by atomic mass is 9.95. The second-order valence-electron chi connectivity index (χ2n) is 13.3. The van der Waals surface area contributed by atoms with Gasteiger partial charge in [-0.1, -0.05) is 36.4 Å². The van der Waals surface area contributed by atoms with E-state index in [1.165, 1.54) is 0 Å². The normalized spacial score (nSPS) is 18.9. The van der Waals surface area contributed by atoms with Crippen molar-refractivity contribution in [2.24, 2.45) is 32.9 Å². The van der Waals surface area contributed by atoms with Gasteiger partial charge in [0.2, 0.25) is 11.8 Å². The van der Waals surface area contributed by atoms with Gasteiger partial charge in [-0.15, -0.1) is 23.2 Å². The van der Waals surface area contributed by atoms with E-state index >= 15 is 0 Å². The molecule has 4 rings (SSSR count). The summed E-state index contributed by atoms with van der Waals surface area (Å²) in [6.45, 7) is 1.60. The number of nitrogens with one attached hydrogen (secondary N) is 2. The zero-order chi connectivity index (χ0) is 39.2. The Kier molecular flexibility index (Phi) is 15.9. The zero-order valence-corrected chi connectivity index (χ0v) is 31.6. The number of rotatable bonds is 20. The predicted molar refractivity (Wildman–Crippen MR) is 212 cm³/mol. The third-order valence-corrected chi connectivity index (χ3v) is 10.4. The highest BCUT2D eigenvalue weighted by atomic mass is 35.5. The molecule has 2 aromatic carbocycles. The number of amides is 2. The molecule has 54 heavy (non-hydrogen) atoms. The molecule has 2 fully saturated rings. The first-order valence-corrected chi connectivity index (χ1v) is 19.0. The van der Waals surface area contributed by atoms with Crippen molar-refractivity contribution in [3.05, 3.63) is 60.7 Å². The number of hydrogen-bond donors (Lipinski definition) is 6. The molecule has 0 radical (unpaired) electrons. The Labute approximate surface area is 325 Å². The number of carbonyl (C=O) groups excluding carboxylic acids is 5. The Balaban J connectivity index is 1.48. The Hall–Kier alpha value is -4.89. The van der Waals surface area contributed by atoms with E-state index in [0.29, 0.717) is 25.9 Å². The number of hydrogen-bond acceptors (Lipinski definition) is 9. The summed E-state index contributed by atoms with van der Waals surface area (Å²) in [7, 11) is 0. The second kappa shape index (κ2) is 20.5. The van der Waals surface area contributed by atoms with Gasteiger partial charge in [0, 0.05) is 37.6 Å². The fraction of sp³-hybridized carbons (Fsp3) is 0.486. The monoisotopic (exact) mass is 784 g/mol. The fourth-order valence-electron chi connectivity index (χ4n) is 6.81. The van der Waals surface area contributed by atoms with E-state index in [-0.39, 0.29) is 50.7 Å². The van der Waals surface area contributed by atoms with Crippen LogP contribution in [0.4, 0.5) is 11.4 Å². The second-order valence-corrected chi connectivity index (χ2v) is 14.2. The van der Waals surface area contributed by atoms with Crippen LogP contribution >= 0.6 is 23.2 Å². The molecule has 2 aliphatic rings. The molecule has 2 heterocycles. The molecule has 0 bridgehead atoms. The molecule has 17 heteroatoms. The molecule has 2 aromatic rings. The van der Waals surface area contributed by atoms with Crippen molar-refractivity contribution in [1.82, 2.24) is 10.6 Å². The predicted octanol–water partition coefficient (Wildman–Crippen LogP) is 1.32. The molecule has 0 aromatic heterocycles. The largest absolute Gasteiger partial charge is 0.370 e. The van der Waals surface area contributed by atoms with Crippen LogP contribution in [0.15, 0.2) is 70.6 Å². The molecule has 2 unspecified atom stereocenters. The van der Waals surface area contributed by atoms with E-state index in [9.17, 15) is 24.0 Å². The van der Waals surface area contributed by atoms with Crippen LogP contribution in [0.5, 0.6) is 0 Å². The van der Waals surface area contributed by atoms with Crippen molar-refractivity contribution in [2.45, 2.75) is 86.3 Å². The average Bonchev–Trinajstić information content (AvgIpc) is 3.87. The minimum absolute atomic E-state index is 0.0551. The van der Waals surface area contributed by atoms with Gasteiger partial charge in [-0.25, -0.2) is 0 Å². The van der Waals surface area contributed by atoms with Gasteiger partial charge in [-0.2, -0.15) is 0 Å². The number of guanidine groups is 2. The number of para-hydroxylation sites is 2. The number of nitrogens with two attached hydrogens (primary N) is 4. The maximum atomic E-state index is 13.9. The van der Waals surface area contributed by atoms with Gasteiger partial charge in [0.1, 0.15) is 12.1 Å². The van der Waals surface area contributed by atoms with Crippen LogP contribution in [0.2, 0.25) is 0 Å². The van der Waals surface area contributed by atoms with Gasteiger partial charge in [0.05, 0.1) is 12.1 Å². The molecule has 0 aliphatic carbocycles. The van der Waals surface area contributed by atoms with Crippen LogP contribution in [-0.4, -0.2) is 102 Å². The number of anilines is 2. The Bertz CT molecular complexity index is 1540. The number of alkyl halides is 2. The SMILES string of the molecule is NC(N)=NCCC[C@H](NC(=O)[C@@H]1CCCN1c1ccccc1)C(=O)C(Cl)C(=O)C(Cl)C(=O)[C@H](CCCN=C(N)N)NC(=O)[C@@H]1CCCN1c1ccccc1. The lowest BCUT2D eigenvalue weighted by molar-refractivity contribution is -0.134. The molecular weight excluding hydrogens is 735 g/mol. The summed E-state index contributed by atoms with van der Waals surface area (Å²) in [4.78, 5) is 80.5. The van der Waals surface area contributed by atoms with Crippen LogP contribution in [-0.2, 0) is 24.0 Å². The third-order valence-electron chi connectivity index (χ3n) is 9.50. The van der Waals surface area contributed by atoms with E-state index in [0.717, 1.165) is 24.2 Å². The molecule has 10 N–H and O–H groups in total. The van der Waals surface area contributed by atoms with E-state index in [2.05, 4.69) is 20.6 Å². The fourth-order valence-corrected chi connectivity index (χ4v) is 7.43. The van der Waals surface area contributed by atoms with Gasteiger partial charge in [-0.05, 0) is 75.6 Å². The van der Waals surface area contributed by atoms with Gasteiger partial charge < -0.3 is 43.4 Å². The summed E-state index contributed by atoms with van der Waals surface area (Å²) >= 11 is 13.0. The van der Waals surface area contributed by atoms with Crippen LogP contribution in [0.3, 0.4) is 0 Å². The van der Waals surface area contributed by atoms with Gasteiger partial charge in [-0.3, -0.25) is 34.0 Å². The first kappa shape index (κ1) is 41.9. The number of aliphatic imine (C=N–C) groups is 2. The number of nitrogens with zero attached hydrogens (tertiary/aromatic N) is 4. The average molecular weight is 786 g/mol. The molecule has 6 atom stereocenters. The summed E-state index contributed by atoms with van der Waals surface area (Å²) in [6, 6.07) is 15.3. The minimum atomic E-state index is -1.89. The molecule has 0 saturated carbocycles. The van der Waals surface area contributed by atoms with Crippen molar-refractivity contribution < 1.29 is 24.0 Å². The highest BCUT2D eigenvalue weighted by Crippen LogP contribution is 2.27. The molecule has 2 amide bonds. The van der Waals surface area contributed by atoms with Crippen molar-refractivity contribution in [3.8, 4) is 0 Å². The van der Waals surface area contributed by atoms with Crippen LogP contribution < -0.4 is 43.4 Å². The quantitative estimate of drug-likeness (QED) is 0.0368. The Morgan fingerprint density at radius 3 is 1.35 bits per heavy atom. The maximum absolute atomic E-state index is 13.9. The van der Waals surface area contributed by atoms with Crippen molar-refractivity contribution in [2.75, 3.05) is 36.0 Å². The van der Waals surface area contributed by atoms with Gasteiger partial charge >= 0.3 is 0 Å². The highest BCUT2D eigenvalue weighted by Gasteiger charge is 2.42. The first-order valence-electron chi connectivity index (χ1n) is 18.1. The van der Waals surface area contributed by atoms with Gasteiger partial charge in [0.25, 0.3) is 0 Å². The molecule has 2 aliphatic heterocycles. The smallest absolute Gasteiger partial charge is 0.243 e. The zero-order valence-electron chi connectivity index (χ0n) is 30.1. The molecule has 292 valence electrons. The van der Waals surface area contributed by atoms with E-state index in [4.69, 9.17) is 46.1 Å². The Morgan fingerprint density at radius 1 is 0.630 bits per heavy atom. The molecule has 15 nitrogen and oxygen atoms in total. The van der Waals surface area contributed by atoms with E-state index < -0.39 is 64.1 Å². The third kappa shape index (κ3) is 11.6. The lowest BCUT2D eigenvalue weighted by Gasteiger charge is -2.29. The summed E-state index contributed by atoms with van der Waals surface area (Å²) in [6.07, 6.45) is 3.28. The van der Waals surface area contributed by atoms with Crippen molar-refractivity contribution in [1.29, 1.82) is 0 Å². The van der Waals surface area contributed by atoms with Crippen LogP contribution in [0, 0.1) is 0 Å². The number of Topliss-reactive ketones (excluding diaryl/α,β-unsaturated/α-hetero) is 3. The summed E-state index contributed by atoms with van der Waals surface area (Å²) in [5.74, 6) is -3.83. The Morgan fingerprint density at radius 2 is 1.00 bits per heavy atom. The molecular formula is C37H50Cl2N10O5. The van der Waals surface area contributed by atoms with E-state index in [1.54, 1.807) is 0 Å². The lowest BCUT2D eigenvalue weighted by Crippen LogP contribution is -2.54. The number of halogens is 2. The van der Waals surface area contributed by atoms with Crippen molar-refractivity contribution in [3.63, 3.8) is 0 Å². The van der Waals surface area contributed by atoms with E-state index in [1.807, 2.05) is 70.5 Å². The number of carbonyl (C=O) groups is 5. The number of benzene rings is 2.